The summed E-state index contributed by atoms with van der Waals surface area (Å²) < 4.78 is 2.46. The molecule has 0 radical (unpaired) electrons. The van der Waals surface area contributed by atoms with Crippen LogP contribution in [0.2, 0.25) is 0 Å². The first-order valence-electron chi connectivity index (χ1n) is 16.8. The Balaban J connectivity index is 1.22. The second kappa shape index (κ2) is 9.96. The van der Waals surface area contributed by atoms with Gasteiger partial charge in [0.2, 0.25) is 0 Å². The molecule has 0 saturated heterocycles. The summed E-state index contributed by atoms with van der Waals surface area (Å²) in [7, 11) is 0. The zero-order valence-corrected chi connectivity index (χ0v) is 26.4. The predicted molar refractivity (Wildman–Crippen MR) is 207 cm³/mol. The molecule has 11 rings (SSSR count). The van der Waals surface area contributed by atoms with E-state index in [-0.39, 0.29) is 0 Å². The van der Waals surface area contributed by atoms with Crippen LogP contribution in [0.25, 0.3) is 104 Å². The minimum Gasteiger partial charge on any atom is -0.309 e. The number of hydrogen-bond donors (Lipinski definition) is 0. The van der Waals surface area contributed by atoms with Crippen molar-refractivity contribution < 1.29 is 0 Å². The van der Waals surface area contributed by atoms with Crippen molar-refractivity contribution >= 4 is 86.7 Å². The molecule has 0 atom stereocenters. The normalized spacial score (nSPS) is 12.1. The molecule has 0 N–H and O–H groups in total. The highest BCUT2D eigenvalue weighted by atomic mass is 15.0. The van der Waals surface area contributed by atoms with E-state index in [2.05, 4.69) is 161 Å². The summed E-state index contributed by atoms with van der Waals surface area (Å²) >= 11 is 0. The highest BCUT2D eigenvalue weighted by Gasteiger charge is 2.22. The number of nitrogens with zero attached hydrogens (tertiary/aromatic N) is 3. The third-order valence-corrected chi connectivity index (χ3v) is 10.4. The van der Waals surface area contributed by atoms with Crippen LogP contribution in [0.15, 0.2) is 164 Å². The Kier molecular flexibility index (Phi) is 5.38. The van der Waals surface area contributed by atoms with Gasteiger partial charge in [-0.25, -0.2) is 4.98 Å². The Labute approximate surface area is 281 Å². The molecule has 3 nitrogen and oxygen atoms in total. The highest BCUT2D eigenvalue weighted by Crippen LogP contribution is 2.47. The largest absolute Gasteiger partial charge is 0.309 e. The van der Waals surface area contributed by atoms with E-state index >= 15 is 0 Å². The van der Waals surface area contributed by atoms with E-state index in [9.17, 15) is 0 Å². The maximum absolute atomic E-state index is 5.13. The number of pyridine rings is 2. The molecular formula is C46H27N3. The Hall–Kier alpha value is -6.58. The molecular weight excluding hydrogens is 595 g/mol. The standard InChI is InChI=1S/C46H27N3/c1-3-13-34-32(11-1)33-12-2-4-14-35(33)42-41(34)36-15-5-6-16-37(36)46-43(42)38-17-7-8-18-40(38)49(46)31-24-21-28(22-25-31)39-26-23-30-20-19-29-10-9-27-47-44(29)45(30)48-39/h1-27H. The number of aromatic nitrogens is 3. The van der Waals surface area contributed by atoms with Gasteiger partial charge >= 0.3 is 0 Å². The minimum absolute atomic E-state index is 0.931. The van der Waals surface area contributed by atoms with Gasteiger partial charge in [0.1, 0.15) is 0 Å². The summed E-state index contributed by atoms with van der Waals surface area (Å²) in [5.74, 6) is 0. The Morgan fingerprint density at radius 1 is 0.388 bits per heavy atom. The lowest BCUT2D eigenvalue weighted by Crippen LogP contribution is -1.96. The van der Waals surface area contributed by atoms with E-state index in [1.807, 2.05) is 12.3 Å². The van der Waals surface area contributed by atoms with Gasteiger partial charge in [-0.05, 0) is 62.6 Å². The summed E-state index contributed by atoms with van der Waals surface area (Å²) in [6.07, 6.45) is 1.84. The molecule has 0 amide bonds. The van der Waals surface area contributed by atoms with E-state index in [1.165, 1.54) is 64.9 Å². The molecule has 0 saturated carbocycles. The molecule has 3 heteroatoms. The van der Waals surface area contributed by atoms with Gasteiger partial charge in [0.25, 0.3) is 0 Å². The topological polar surface area (TPSA) is 30.7 Å². The summed E-state index contributed by atoms with van der Waals surface area (Å²) in [5.41, 5.74) is 7.43. The average Bonchev–Trinajstić information content (AvgIpc) is 3.53. The Bertz CT molecular complexity index is 3150. The van der Waals surface area contributed by atoms with Crippen molar-refractivity contribution in [2.75, 3.05) is 0 Å². The second-order valence-corrected chi connectivity index (χ2v) is 12.9. The number of rotatable bonds is 2. The van der Waals surface area contributed by atoms with Crippen molar-refractivity contribution in [2.24, 2.45) is 0 Å². The zero-order valence-electron chi connectivity index (χ0n) is 26.4. The molecule has 0 aliphatic heterocycles. The van der Waals surface area contributed by atoms with Crippen molar-refractivity contribution in [2.45, 2.75) is 0 Å². The van der Waals surface area contributed by atoms with Crippen molar-refractivity contribution in [3.05, 3.63) is 164 Å². The monoisotopic (exact) mass is 621 g/mol. The highest BCUT2D eigenvalue weighted by molar-refractivity contribution is 6.42. The van der Waals surface area contributed by atoms with Crippen molar-refractivity contribution in [3.8, 4) is 16.9 Å². The van der Waals surface area contributed by atoms with E-state index in [0.717, 1.165) is 38.8 Å². The quantitative estimate of drug-likeness (QED) is 0.180. The molecule has 226 valence electrons. The molecule has 0 aliphatic carbocycles. The van der Waals surface area contributed by atoms with Gasteiger partial charge in [-0.3, -0.25) is 4.98 Å². The molecule has 0 unspecified atom stereocenters. The van der Waals surface area contributed by atoms with Gasteiger partial charge < -0.3 is 4.57 Å². The van der Waals surface area contributed by atoms with Crippen LogP contribution >= 0.6 is 0 Å². The molecule has 0 fully saturated rings. The molecule has 8 aromatic carbocycles. The Morgan fingerprint density at radius 2 is 0.959 bits per heavy atom. The fourth-order valence-corrected chi connectivity index (χ4v) is 8.27. The van der Waals surface area contributed by atoms with Crippen molar-refractivity contribution in [3.63, 3.8) is 0 Å². The van der Waals surface area contributed by atoms with Crippen LogP contribution < -0.4 is 0 Å². The first-order valence-corrected chi connectivity index (χ1v) is 16.8. The maximum atomic E-state index is 5.13. The summed E-state index contributed by atoms with van der Waals surface area (Å²) in [4.78, 5) is 9.79. The third-order valence-electron chi connectivity index (χ3n) is 10.4. The van der Waals surface area contributed by atoms with E-state index in [1.54, 1.807) is 0 Å². The predicted octanol–water partition coefficient (Wildman–Crippen LogP) is 12.2. The maximum Gasteiger partial charge on any atom is 0.0972 e. The van der Waals surface area contributed by atoms with Gasteiger partial charge in [0, 0.05) is 49.8 Å². The molecule has 3 aromatic heterocycles. The fraction of sp³-hybridized carbons (Fsp3) is 0. The smallest absolute Gasteiger partial charge is 0.0972 e. The lowest BCUT2D eigenvalue weighted by Gasteiger charge is -2.16. The van der Waals surface area contributed by atoms with Gasteiger partial charge in [-0.1, -0.05) is 127 Å². The van der Waals surface area contributed by atoms with Crippen LogP contribution in [0, 0.1) is 0 Å². The van der Waals surface area contributed by atoms with Crippen molar-refractivity contribution in [1.82, 2.24) is 14.5 Å². The van der Waals surface area contributed by atoms with Gasteiger partial charge in [0.15, 0.2) is 0 Å². The fourth-order valence-electron chi connectivity index (χ4n) is 8.27. The second-order valence-electron chi connectivity index (χ2n) is 12.9. The van der Waals surface area contributed by atoms with Crippen LogP contribution in [-0.4, -0.2) is 14.5 Å². The molecule has 0 aliphatic rings. The van der Waals surface area contributed by atoms with E-state index in [4.69, 9.17) is 4.98 Å². The SMILES string of the molecule is c1cnc2c(c1)ccc1ccc(-c3ccc(-n4c5ccccc5c5c6c7ccccc7c7ccccc7c6c6ccccc6c54)cc3)nc12. The lowest BCUT2D eigenvalue weighted by molar-refractivity contribution is 1.19. The van der Waals surface area contributed by atoms with Crippen molar-refractivity contribution in [1.29, 1.82) is 0 Å². The minimum atomic E-state index is 0.931. The summed E-state index contributed by atoms with van der Waals surface area (Å²) in [6.45, 7) is 0. The third kappa shape index (κ3) is 3.67. The Morgan fingerprint density at radius 3 is 1.69 bits per heavy atom. The molecule has 0 spiro atoms. The lowest BCUT2D eigenvalue weighted by atomic mass is 9.88. The van der Waals surface area contributed by atoms with Crippen LogP contribution in [-0.2, 0) is 0 Å². The summed E-state index contributed by atoms with van der Waals surface area (Å²) in [5, 5.41) is 15.1. The van der Waals surface area contributed by atoms with Gasteiger partial charge in [-0.2, -0.15) is 0 Å². The molecule has 3 heterocycles. The van der Waals surface area contributed by atoms with Crippen LogP contribution in [0.3, 0.4) is 0 Å². The molecule has 49 heavy (non-hydrogen) atoms. The first kappa shape index (κ1) is 26.5. The number of benzene rings is 8. The molecule has 0 bridgehead atoms. The van der Waals surface area contributed by atoms with Crippen LogP contribution in [0.1, 0.15) is 0 Å². The van der Waals surface area contributed by atoms with Gasteiger partial charge in [-0.15, -0.1) is 0 Å². The average molecular weight is 622 g/mol. The van der Waals surface area contributed by atoms with Crippen LogP contribution in [0.4, 0.5) is 0 Å². The molecule has 11 aromatic rings. The number of fused-ring (bicyclic) bond motifs is 16. The van der Waals surface area contributed by atoms with Crippen LogP contribution in [0.5, 0.6) is 0 Å². The number of para-hydroxylation sites is 1. The van der Waals surface area contributed by atoms with Gasteiger partial charge in [0.05, 0.1) is 27.8 Å². The number of hydrogen-bond acceptors (Lipinski definition) is 2. The zero-order chi connectivity index (χ0) is 32.1. The van der Waals surface area contributed by atoms with E-state index in [0.29, 0.717) is 0 Å². The van der Waals surface area contributed by atoms with E-state index < -0.39 is 0 Å². The summed E-state index contributed by atoms with van der Waals surface area (Å²) in [6, 6.07) is 57.1. The first-order chi connectivity index (χ1) is 24.3.